The van der Waals surface area contributed by atoms with Crippen LogP contribution >= 0.6 is 23.4 Å². The zero-order valence-corrected chi connectivity index (χ0v) is 21.1. The van der Waals surface area contributed by atoms with E-state index in [-0.39, 0.29) is 11.7 Å². The highest BCUT2D eigenvalue weighted by molar-refractivity contribution is 7.99. The summed E-state index contributed by atoms with van der Waals surface area (Å²) >= 11 is 7.37. The number of aromatic amines is 1. The first-order chi connectivity index (χ1) is 17.6. The second-order valence-electron chi connectivity index (χ2n) is 7.77. The molecule has 0 aliphatic rings. The number of hydrogen-bond donors (Lipinski definition) is 2. The van der Waals surface area contributed by atoms with Crippen molar-refractivity contribution < 1.29 is 14.3 Å². The zero-order valence-electron chi connectivity index (χ0n) is 19.5. The molecule has 0 spiro atoms. The van der Waals surface area contributed by atoms with Gasteiger partial charge in [-0.05, 0) is 36.4 Å². The average molecular weight is 520 g/mol. The number of carbonyl (C=O) groups is 1. The van der Waals surface area contributed by atoms with Gasteiger partial charge in [-0.3, -0.25) is 9.36 Å². The molecule has 2 aromatic heterocycles. The SMILES string of the molecule is COc1cccc(-n2c(SCC(=O)Nc3cc(Cl)ccc3OC)nnc2-c2c[nH]c3ccccc23)c1. The van der Waals surface area contributed by atoms with Crippen molar-refractivity contribution in [2.24, 2.45) is 0 Å². The maximum atomic E-state index is 12.8. The summed E-state index contributed by atoms with van der Waals surface area (Å²) in [4.78, 5) is 16.1. The lowest BCUT2D eigenvalue weighted by Gasteiger charge is -2.12. The van der Waals surface area contributed by atoms with Gasteiger partial charge in [0.1, 0.15) is 11.5 Å². The topological polar surface area (TPSA) is 94.1 Å². The van der Waals surface area contributed by atoms with E-state index >= 15 is 0 Å². The molecule has 0 aliphatic heterocycles. The van der Waals surface area contributed by atoms with Crippen molar-refractivity contribution in [3.8, 4) is 28.6 Å². The molecule has 36 heavy (non-hydrogen) atoms. The molecule has 182 valence electrons. The van der Waals surface area contributed by atoms with Crippen LogP contribution in [0.5, 0.6) is 11.5 Å². The van der Waals surface area contributed by atoms with E-state index in [1.54, 1.807) is 25.3 Å². The Morgan fingerprint density at radius 1 is 1.06 bits per heavy atom. The van der Waals surface area contributed by atoms with Gasteiger partial charge in [0.25, 0.3) is 0 Å². The van der Waals surface area contributed by atoms with E-state index in [1.807, 2.05) is 59.3 Å². The Morgan fingerprint density at radius 3 is 2.75 bits per heavy atom. The van der Waals surface area contributed by atoms with Gasteiger partial charge >= 0.3 is 0 Å². The molecule has 10 heteroatoms. The number of aromatic nitrogens is 4. The lowest BCUT2D eigenvalue weighted by atomic mass is 10.1. The third-order valence-electron chi connectivity index (χ3n) is 5.54. The number of anilines is 1. The van der Waals surface area contributed by atoms with Crippen LogP contribution in [0.15, 0.2) is 78.1 Å². The fourth-order valence-corrected chi connectivity index (χ4v) is 4.79. The molecule has 1 amide bonds. The summed E-state index contributed by atoms with van der Waals surface area (Å²) < 4.78 is 12.7. The van der Waals surface area contributed by atoms with Crippen LogP contribution in [0.4, 0.5) is 5.69 Å². The lowest BCUT2D eigenvalue weighted by molar-refractivity contribution is -0.113. The second kappa shape index (κ2) is 10.3. The van der Waals surface area contributed by atoms with Crippen LogP contribution in [0.2, 0.25) is 5.02 Å². The van der Waals surface area contributed by atoms with Crippen molar-refractivity contribution in [1.82, 2.24) is 19.7 Å². The molecule has 5 rings (SSSR count). The first-order valence-electron chi connectivity index (χ1n) is 11.0. The maximum Gasteiger partial charge on any atom is 0.234 e. The van der Waals surface area contributed by atoms with Crippen LogP contribution < -0.4 is 14.8 Å². The summed E-state index contributed by atoms with van der Waals surface area (Å²) in [6.07, 6.45) is 1.91. The molecule has 0 aliphatic carbocycles. The van der Waals surface area contributed by atoms with Crippen LogP contribution in [-0.4, -0.2) is 45.6 Å². The molecule has 2 N–H and O–H groups in total. The molecular weight excluding hydrogens is 498 g/mol. The van der Waals surface area contributed by atoms with E-state index in [0.29, 0.717) is 33.2 Å². The van der Waals surface area contributed by atoms with Crippen LogP contribution in [0, 0.1) is 0 Å². The van der Waals surface area contributed by atoms with Crippen molar-refractivity contribution in [3.63, 3.8) is 0 Å². The van der Waals surface area contributed by atoms with Gasteiger partial charge in [0.15, 0.2) is 11.0 Å². The molecule has 0 saturated heterocycles. The van der Waals surface area contributed by atoms with Gasteiger partial charge in [0, 0.05) is 33.8 Å². The zero-order chi connectivity index (χ0) is 25.1. The Kier molecular flexibility index (Phi) is 6.84. The van der Waals surface area contributed by atoms with E-state index in [1.165, 1.54) is 18.9 Å². The summed E-state index contributed by atoms with van der Waals surface area (Å²) in [5.74, 6) is 1.76. The number of fused-ring (bicyclic) bond motifs is 1. The Hall–Kier alpha value is -3.95. The predicted octanol–water partition coefficient (Wildman–Crippen LogP) is 5.82. The van der Waals surface area contributed by atoms with Gasteiger partial charge in [-0.15, -0.1) is 10.2 Å². The highest BCUT2D eigenvalue weighted by atomic mass is 35.5. The quantitative estimate of drug-likeness (QED) is 0.251. The van der Waals surface area contributed by atoms with Crippen LogP contribution in [0.3, 0.4) is 0 Å². The molecule has 0 atom stereocenters. The highest BCUT2D eigenvalue weighted by Gasteiger charge is 2.20. The maximum absolute atomic E-state index is 12.8. The Bertz CT molecular complexity index is 1550. The summed E-state index contributed by atoms with van der Waals surface area (Å²) in [5, 5.41) is 13.9. The van der Waals surface area contributed by atoms with Crippen molar-refractivity contribution in [2.75, 3.05) is 25.3 Å². The molecule has 2 heterocycles. The summed E-state index contributed by atoms with van der Waals surface area (Å²) in [6, 6.07) is 20.7. The fourth-order valence-electron chi connectivity index (χ4n) is 3.87. The number of para-hydroxylation sites is 1. The highest BCUT2D eigenvalue weighted by Crippen LogP contribution is 2.34. The van der Waals surface area contributed by atoms with E-state index < -0.39 is 0 Å². The number of nitrogens with zero attached hydrogens (tertiary/aromatic N) is 3. The number of carbonyl (C=O) groups excluding carboxylic acids is 1. The Morgan fingerprint density at radius 2 is 1.92 bits per heavy atom. The number of nitrogens with one attached hydrogen (secondary N) is 2. The van der Waals surface area contributed by atoms with Crippen molar-refractivity contribution in [2.45, 2.75) is 5.16 Å². The van der Waals surface area contributed by atoms with Crippen LogP contribution in [0.1, 0.15) is 0 Å². The molecule has 3 aromatic carbocycles. The summed E-state index contributed by atoms with van der Waals surface area (Å²) in [7, 11) is 3.16. The number of hydrogen-bond acceptors (Lipinski definition) is 6. The largest absolute Gasteiger partial charge is 0.497 e. The first-order valence-corrected chi connectivity index (χ1v) is 12.4. The number of halogens is 1. The van der Waals surface area contributed by atoms with E-state index in [4.69, 9.17) is 21.1 Å². The third kappa shape index (κ3) is 4.75. The molecule has 5 aromatic rings. The predicted molar refractivity (Wildman–Crippen MR) is 143 cm³/mol. The number of benzene rings is 3. The van der Waals surface area contributed by atoms with Crippen LogP contribution in [0.25, 0.3) is 28.0 Å². The fraction of sp³-hybridized carbons (Fsp3) is 0.115. The van der Waals surface area contributed by atoms with Gasteiger partial charge in [-0.2, -0.15) is 0 Å². The minimum atomic E-state index is -0.227. The van der Waals surface area contributed by atoms with Crippen molar-refractivity contribution in [3.05, 3.63) is 77.9 Å². The Labute approximate surface area is 216 Å². The molecule has 8 nitrogen and oxygen atoms in total. The minimum Gasteiger partial charge on any atom is -0.497 e. The molecule has 0 fully saturated rings. The standard InChI is InChI=1S/C26H22ClN5O3S/c1-34-18-7-5-6-17(13-18)32-25(20-14-28-21-9-4-3-8-19(20)21)30-31-26(32)36-15-24(33)29-22-12-16(27)10-11-23(22)35-2/h3-14,28H,15H2,1-2H3,(H,29,33). The second-order valence-corrected chi connectivity index (χ2v) is 9.15. The molecular formula is C26H22ClN5O3S. The van der Waals surface area contributed by atoms with Crippen molar-refractivity contribution in [1.29, 1.82) is 0 Å². The van der Waals surface area contributed by atoms with Gasteiger partial charge in [0.05, 0.1) is 31.3 Å². The minimum absolute atomic E-state index is 0.103. The van der Waals surface area contributed by atoms with Gasteiger partial charge in [-0.25, -0.2) is 0 Å². The summed E-state index contributed by atoms with van der Waals surface area (Å²) in [5.41, 5.74) is 3.22. The number of ether oxygens (including phenoxy) is 2. The first kappa shape index (κ1) is 23.8. The molecule has 0 bridgehead atoms. The van der Waals surface area contributed by atoms with Gasteiger partial charge in [0.2, 0.25) is 5.91 Å². The Balaban J connectivity index is 1.48. The number of thioether (sulfide) groups is 1. The van der Waals surface area contributed by atoms with Crippen molar-refractivity contribution >= 4 is 45.9 Å². The number of methoxy groups -OCH3 is 2. The van der Waals surface area contributed by atoms with E-state index in [0.717, 1.165) is 22.2 Å². The third-order valence-corrected chi connectivity index (χ3v) is 6.71. The van der Waals surface area contributed by atoms with Gasteiger partial charge in [-0.1, -0.05) is 47.6 Å². The average Bonchev–Trinajstić information content (AvgIpc) is 3.51. The number of H-pyrrole nitrogens is 1. The number of amides is 1. The van der Waals surface area contributed by atoms with Crippen LogP contribution in [-0.2, 0) is 4.79 Å². The monoisotopic (exact) mass is 519 g/mol. The van der Waals surface area contributed by atoms with E-state index in [2.05, 4.69) is 20.5 Å². The lowest BCUT2D eigenvalue weighted by Crippen LogP contribution is -2.15. The van der Waals surface area contributed by atoms with E-state index in [9.17, 15) is 4.79 Å². The number of rotatable bonds is 8. The molecule has 0 saturated carbocycles. The molecule has 0 radical (unpaired) electrons. The summed E-state index contributed by atoms with van der Waals surface area (Å²) in [6.45, 7) is 0. The van der Waals surface area contributed by atoms with Gasteiger partial charge < -0.3 is 19.8 Å². The normalized spacial score (nSPS) is 11.0. The smallest absolute Gasteiger partial charge is 0.234 e. The molecule has 0 unspecified atom stereocenters.